The zero-order valence-electron chi connectivity index (χ0n) is 11.3. The molecule has 0 saturated carbocycles. The van der Waals surface area contributed by atoms with Crippen LogP contribution in [0.3, 0.4) is 0 Å². The van der Waals surface area contributed by atoms with Gasteiger partial charge in [0.2, 0.25) is 0 Å². The van der Waals surface area contributed by atoms with Crippen LogP contribution in [0.2, 0.25) is 0 Å². The van der Waals surface area contributed by atoms with Gasteiger partial charge in [0.05, 0.1) is 6.61 Å². The van der Waals surface area contributed by atoms with E-state index in [1.54, 1.807) is 0 Å². The highest BCUT2D eigenvalue weighted by atomic mass is 16.3. The second-order valence-electron chi connectivity index (χ2n) is 4.64. The zero-order chi connectivity index (χ0) is 12.7. The Kier molecular flexibility index (Phi) is 6.23. The third kappa shape index (κ3) is 4.49. The van der Waals surface area contributed by atoms with Gasteiger partial charge in [-0.1, -0.05) is 45.0 Å². The molecule has 17 heavy (non-hydrogen) atoms. The molecule has 1 unspecified atom stereocenters. The maximum atomic E-state index is 8.95. The Morgan fingerprint density at radius 3 is 2.29 bits per heavy atom. The standard InChI is InChI=1S/C15H25NO/c1-4-13(3)15-8-6-14(7-9-15)12-16(5-2)10-11-17/h6-9,13,17H,4-5,10-12H2,1-3H3. The van der Waals surface area contributed by atoms with Crippen molar-refractivity contribution in [2.75, 3.05) is 19.7 Å². The summed E-state index contributed by atoms with van der Waals surface area (Å²) >= 11 is 0. The minimum Gasteiger partial charge on any atom is -0.395 e. The Labute approximate surface area is 105 Å². The highest BCUT2D eigenvalue weighted by Gasteiger charge is 2.05. The molecule has 0 aliphatic rings. The van der Waals surface area contributed by atoms with Crippen LogP contribution in [0.4, 0.5) is 0 Å². The van der Waals surface area contributed by atoms with Gasteiger partial charge in [0.1, 0.15) is 0 Å². The third-order valence-corrected chi connectivity index (χ3v) is 3.43. The molecular weight excluding hydrogens is 210 g/mol. The fourth-order valence-corrected chi connectivity index (χ4v) is 1.94. The van der Waals surface area contributed by atoms with Gasteiger partial charge in [0, 0.05) is 13.1 Å². The van der Waals surface area contributed by atoms with Gasteiger partial charge < -0.3 is 5.11 Å². The number of benzene rings is 1. The monoisotopic (exact) mass is 235 g/mol. The maximum absolute atomic E-state index is 8.95. The smallest absolute Gasteiger partial charge is 0.0558 e. The predicted octanol–water partition coefficient (Wildman–Crippen LogP) is 3.01. The van der Waals surface area contributed by atoms with Crippen LogP contribution in [-0.2, 0) is 6.54 Å². The van der Waals surface area contributed by atoms with E-state index in [2.05, 4.69) is 49.9 Å². The molecule has 0 bridgehead atoms. The van der Waals surface area contributed by atoms with E-state index in [1.165, 1.54) is 17.5 Å². The lowest BCUT2D eigenvalue weighted by atomic mass is 9.97. The molecule has 1 aromatic carbocycles. The molecule has 0 heterocycles. The molecule has 0 spiro atoms. The van der Waals surface area contributed by atoms with E-state index in [0.717, 1.165) is 19.6 Å². The van der Waals surface area contributed by atoms with Crippen molar-refractivity contribution in [3.63, 3.8) is 0 Å². The minimum atomic E-state index is 0.235. The van der Waals surface area contributed by atoms with Crippen LogP contribution in [0, 0.1) is 0 Å². The lowest BCUT2D eigenvalue weighted by Gasteiger charge is -2.19. The highest BCUT2D eigenvalue weighted by molar-refractivity contribution is 5.24. The molecule has 2 heteroatoms. The highest BCUT2D eigenvalue weighted by Crippen LogP contribution is 2.19. The summed E-state index contributed by atoms with van der Waals surface area (Å²) in [6, 6.07) is 8.88. The van der Waals surface area contributed by atoms with E-state index in [1.807, 2.05) is 0 Å². The number of hydrogen-bond acceptors (Lipinski definition) is 2. The molecule has 0 aliphatic carbocycles. The lowest BCUT2D eigenvalue weighted by molar-refractivity contribution is 0.197. The average Bonchev–Trinajstić information content (AvgIpc) is 2.38. The SMILES string of the molecule is CCC(C)c1ccc(CN(CC)CCO)cc1. The van der Waals surface area contributed by atoms with E-state index in [4.69, 9.17) is 5.11 Å². The Hall–Kier alpha value is -0.860. The molecule has 0 aliphatic heterocycles. The summed E-state index contributed by atoms with van der Waals surface area (Å²) in [4.78, 5) is 2.25. The van der Waals surface area contributed by atoms with Gasteiger partial charge in [-0.15, -0.1) is 0 Å². The summed E-state index contributed by atoms with van der Waals surface area (Å²) in [6.45, 7) is 9.51. The first kappa shape index (κ1) is 14.2. The lowest BCUT2D eigenvalue weighted by Crippen LogP contribution is -2.26. The van der Waals surface area contributed by atoms with Gasteiger partial charge in [-0.25, -0.2) is 0 Å². The number of aliphatic hydroxyl groups is 1. The predicted molar refractivity (Wildman–Crippen MR) is 73.2 cm³/mol. The molecular formula is C15H25NO. The zero-order valence-corrected chi connectivity index (χ0v) is 11.3. The number of likely N-dealkylation sites (N-methyl/N-ethyl adjacent to an activating group) is 1. The Bertz CT molecular complexity index is 307. The molecule has 1 atom stereocenters. The summed E-state index contributed by atoms with van der Waals surface area (Å²) in [5.74, 6) is 0.642. The summed E-state index contributed by atoms with van der Waals surface area (Å²) < 4.78 is 0. The van der Waals surface area contributed by atoms with E-state index in [0.29, 0.717) is 5.92 Å². The van der Waals surface area contributed by atoms with E-state index >= 15 is 0 Å². The van der Waals surface area contributed by atoms with Crippen LogP contribution in [0.25, 0.3) is 0 Å². The molecule has 0 radical (unpaired) electrons. The fourth-order valence-electron chi connectivity index (χ4n) is 1.94. The van der Waals surface area contributed by atoms with Gasteiger partial charge in [-0.05, 0) is 30.0 Å². The summed E-state index contributed by atoms with van der Waals surface area (Å²) in [7, 11) is 0. The van der Waals surface area contributed by atoms with Crippen LogP contribution in [0.15, 0.2) is 24.3 Å². The van der Waals surface area contributed by atoms with Gasteiger partial charge >= 0.3 is 0 Å². The maximum Gasteiger partial charge on any atom is 0.0558 e. The molecule has 0 saturated heterocycles. The minimum absolute atomic E-state index is 0.235. The van der Waals surface area contributed by atoms with Gasteiger partial charge in [-0.3, -0.25) is 4.90 Å². The Morgan fingerprint density at radius 2 is 1.82 bits per heavy atom. The topological polar surface area (TPSA) is 23.5 Å². The quantitative estimate of drug-likeness (QED) is 0.785. The van der Waals surface area contributed by atoms with Gasteiger partial charge in [0.25, 0.3) is 0 Å². The number of rotatable bonds is 7. The summed E-state index contributed by atoms with van der Waals surface area (Å²) in [6.07, 6.45) is 1.19. The van der Waals surface area contributed by atoms with Crippen molar-refractivity contribution in [2.24, 2.45) is 0 Å². The van der Waals surface area contributed by atoms with Crippen molar-refractivity contribution >= 4 is 0 Å². The van der Waals surface area contributed by atoms with Crippen molar-refractivity contribution in [1.82, 2.24) is 4.90 Å². The van der Waals surface area contributed by atoms with Crippen LogP contribution < -0.4 is 0 Å². The number of aliphatic hydroxyl groups excluding tert-OH is 1. The average molecular weight is 235 g/mol. The van der Waals surface area contributed by atoms with Gasteiger partial charge in [-0.2, -0.15) is 0 Å². The first-order valence-electron chi connectivity index (χ1n) is 6.63. The summed E-state index contributed by atoms with van der Waals surface area (Å²) in [5.41, 5.74) is 2.74. The van der Waals surface area contributed by atoms with Crippen LogP contribution in [-0.4, -0.2) is 29.7 Å². The van der Waals surface area contributed by atoms with Crippen LogP contribution in [0.5, 0.6) is 0 Å². The normalized spacial score (nSPS) is 13.0. The second kappa shape index (κ2) is 7.46. The second-order valence-corrected chi connectivity index (χ2v) is 4.64. The van der Waals surface area contributed by atoms with Gasteiger partial charge in [0.15, 0.2) is 0 Å². The van der Waals surface area contributed by atoms with E-state index in [9.17, 15) is 0 Å². The number of nitrogens with zero attached hydrogens (tertiary/aromatic N) is 1. The first-order valence-corrected chi connectivity index (χ1v) is 6.63. The van der Waals surface area contributed by atoms with Crippen molar-refractivity contribution < 1.29 is 5.11 Å². The van der Waals surface area contributed by atoms with Crippen LogP contribution in [0.1, 0.15) is 44.2 Å². The molecule has 96 valence electrons. The molecule has 0 amide bonds. The summed E-state index contributed by atoms with van der Waals surface area (Å²) in [5, 5.41) is 8.95. The van der Waals surface area contributed by atoms with Crippen molar-refractivity contribution in [3.05, 3.63) is 35.4 Å². The van der Waals surface area contributed by atoms with E-state index < -0.39 is 0 Å². The van der Waals surface area contributed by atoms with Crippen molar-refractivity contribution in [3.8, 4) is 0 Å². The first-order chi connectivity index (χ1) is 8.21. The molecule has 1 aromatic rings. The third-order valence-electron chi connectivity index (χ3n) is 3.43. The largest absolute Gasteiger partial charge is 0.395 e. The van der Waals surface area contributed by atoms with Crippen LogP contribution >= 0.6 is 0 Å². The fraction of sp³-hybridized carbons (Fsp3) is 0.600. The van der Waals surface area contributed by atoms with Crippen molar-refractivity contribution in [1.29, 1.82) is 0 Å². The Morgan fingerprint density at radius 1 is 1.18 bits per heavy atom. The van der Waals surface area contributed by atoms with Crippen molar-refractivity contribution in [2.45, 2.75) is 39.7 Å². The molecule has 1 rings (SSSR count). The molecule has 1 N–H and O–H groups in total. The van der Waals surface area contributed by atoms with E-state index in [-0.39, 0.29) is 6.61 Å². The molecule has 0 aromatic heterocycles. The number of hydrogen-bond donors (Lipinski definition) is 1. The Balaban J connectivity index is 2.61. The molecule has 2 nitrogen and oxygen atoms in total. The molecule has 0 fully saturated rings.